The number of carbonyl (C=O) groups excluding carboxylic acids is 1. The standard InChI is InChI=1S/C17H28N4O.2ClH/c1-20(2)15-8-11-21(12-9-15)13-10-19-17(22)16(18)14-6-4-3-5-7-14;;/h3-7,15-16H,8-13,18H2,1-2H3,(H,19,22);2*1H. The number of nitrogens with zero attached hydrogens (tertiary/aromatic N) is 2. The first-order chi connectivity index (χ1) is 10.6. The molecule has 0 aromatic heterocycles. The molecular weight excluding hydrogens is 347 g/mol. The highest BCUT2D eigenvalue weighted by atomic mass is 35.5. The van der Waals surface area contributed by atoms with Crippen molar-refractivity contribution in [2.24, 2.45) is 5.73 Å². The predicted molar refractivity (Wildman–Crippen MR) is 104 cm³/mol. The third-order valence-electron chi connectivity index (χ3n) is 4.46. The lowest BCUT2D eigenvalue weighted by Gasteiger charge is -2.35. The first-order valence-electron chi connectivity index (χ1n) is 8.05. The number of carbonyl (C=O) groups is 1. The van der Waals surface area contributed by atoms with Gasteiger partial charge in [-0.2, -0.15) is 0 Å². The van der Waals surface area contributed by atoms with E-state index in [0.29, 0.717) is 12.6 Å². The van der Waals surface area contributed by atoms with Crippen molar-refractivity contribution < 1.29 is 4.79 Å². The van der Waals surface area contributed by atoms with Crippen LogP contribution in [0, 0.1) is 0 Å². The van der Waals surface area contributed by atoms with E-state index in [2.05, 4.69) is 29.2 Å². The number of rotatable bonds is 6. The van der Waals surface area contributed by atoms with Gasteiger partial charge < -0.3 is 20.9 Å². The van der Waals surface area contributed by atoms with Crippen LogP contribution >= 0.6 is 24.8 Å². The Labute approximate surface area is 157 Å². The van der Waals surface area contributed by atoms with Crippen molar-refractivity contribution in [3.63, 3.8) is 0 Å². The largest absolute Gasteiger partial charge is 0.353 e. The molecule has 24 heavy (non-hydrogen) atoms. The van der Waals surface area contributed by atoms with Gasteiger partial charge in [0, 0.05) is 19.1 Å². The Balaban J connectivity index is 0.00000264. The average Bonchev–Trinajstić information content (AvgIpc) is 2.55. The fraction of sp³-hybridized carbons (Fsp3) is 0.588. The minimum atomic E-state index is -0.583. The summed E-state index contributed by atoms with van der Waals surface area (Å²) in [4.78, 5) is 16.8. The zero-order valence-electron chi connectivity index (χ0n) is 14.5. The van der Waals surface area contributed by atoms with Gasteiger partial charge >= 0.3 is 0 Å². The molecular formula is C17H30Cl2N4O. The van der Waals surface area contributed by atoms with Crippen molar-refractivity contribution in [2.45, 2.75) is 24.9 Å². The molecule has 0 bridgehead atoms. The van der Waals surface area contributed by atoms with Crippen LogP contribution in [0.1, 0.15) is 24.4 Å². The lowest BCUT2D eigenvalue weighted by atomic mass is 10.0. The zero-order valence-corrected chi connectivity index (χ0v) is 16.1. The Morgan fingerprint density at radius 3 is 2.38 bits per heavy atom. The molecule has 1 aromatic carbocycles. The molecule has 1 heterocycles. The fourth-order valence-corrected chi connectivity index (χ4v) is 2.92. The summed E-state index contributed by atoms with van der Waals surface area (Å²) in [6.07, 6.45) is 2.40. The minimum absolute atomic E-state index is 0. The molecule has 2 rings (SSSR count). The molecule has 1 aromatic rings. The third-order valence-corrected chi connectivity index (χ3v) is 4.46. The molecule has 1 saturated heterocycles. The van der Waals surface area contributed by atoms with Gasteiger partial charge in [0.05, 0.1) is 0 Å². The van der Waals surface area contributed by atoms with E-state index < -0.39 is 6.04 Å². The van der Waals surface area contributed by atoms with Gasteiger partial charge in [0.25, 0.3) is 0 Å². The summed E-state index contributed by atoms with van der Waals surface area (Å²) in [5.41, 5.74) is 6.83. The van der Waals surface area contributed by atoms with E-state index >= 15 is 0 Å². The van der Waals surface area contributed by atoms with Gasteiger partial charge in [-0.1, -0.05) is 30.3 Å². The van der Waals surface area contributed by atoms with Gasteiger partial charge in [0.2, 0.25) is 5.91 Å². The summed E-state index contributed by atoms with van der Waals surface area (Å²) in [6, 6.07) is 9.60. The van der Waals surface area contributed by atoms with E-state index in [1.807, 2.05) is 30.3 Å². The van der Waals surface area contributed by atoms with Crippen LogP contribution in [0.25, 0.3) is 0 Å². The number of nitrogens with two attached hydrogens (primary N) is 1. The van der Waals surface area contributed by atoms with Crippen LogP contribution in [-0.2, 0) is 4.79 Å². The molecule has 7 heteroatoms. The first kappa shape index (κ1) is 23.1. The number of hydrogen-bond acceptors (Lipinski definition) is 4. The van der Waals surface area contributed by atoms with Crippen LogP contribution < -0.4 is 11.1 Å². The van der Waals surface area contributed by atoms with E-state index in [1.54, 1.807) is 0 Å². The number of nitrogens with one attached hydrogen (secondary N) is 1. The Morgan fingerprint density at radius 2 is 1.83 bits per heavy atom. The maximum Gasteiger partial charge on any atom is 0.241 e. The SMILES string of the molecule is CN(C)C1CCN(CCNC(=O)C(N)c2ccccc2)CC1.Cl.Cl. The fourth-order valence-electron chi connectivity index (χ4n) is 2.92. The molecule has 0 saturated carbocycles. The molecule has 5 nitrogen and oxygen atoms in total. The van der Waals surface area contributed by atoms with Gasteiger partial charge in [0.1, 0.15) is 6.04 Å². The van der Waals surface area contributed by atoms with Crippen molar-refractivity contribution in [1.29, 1.82) is 0 Å². The first-order valence-corrected chi connectivity index (χ1v) is 8.05. The summed E-state index contributed by atoms with van der Waals surface area (Å²) in [5, 5.41) is 2.95. The van der Waals surface area contributed by atoms with E-state index in [9.17, 15) is 4.79 Å². The van der Waals surface area contributed by atoms with Gasteiger partial charge in [-0.3, -0.25) is 4.79 Å². The minimum Gasteiger partial charge on any atom is -0.353 e. The monoisotopic (exact) mass is 376 g/mol. The van der Waals surface area contributed by atoms with Crippen molar-refractivity contribution in [2.75, 3.05) is 40.3 Å². The molecule has 0 radical (unpaired) electrons. The molecule has 1 aliphatic heterocycles. The van der Waals surface area contributed by atoms with Gasteiger partial charge in [0.15, 0.2) is 0 Å². The maximum atomic E-state index is 12.1. The maximum absolute atomic E-state index is 12.1. The number of halogens is 2. The number of likely N-dealkylation sites (tertiary alicyclic amines) is 1. The van der Waals surface area contributed by atoms with Crippen molar-refractivity contribution in [3.05, 3.63) is 35.9 Å². The number of hydrogen-bond donors (Lipinski definition) is 2. The van der Waals surface area contributed by atoms with Crippen LogP contribution in [0.4, 0.5) is 0 Å². The van der Waals surface area contributed by atoms with Crippen LogP contribution in [-0.4, -0.2) is 62.0 Å². The van der Waals surface area contributed by atoms with Crippen molar-refractivity contribution in [3.8, 4) is 0 Å². The summed E-state index contributed by atoms with van der Waals surface area (Å²) < 4.78 is 0. The molecule has 0 aliphatic carbocycles. The summed E-state index contributed by atoms with van der Waals surface area (Å²) in [7, 11) is 4.29. The van der Waals surface area contributed by atoms with Crippen LogP contribution in [0.15, 0.2) is 30.3 Å². The van der Waals surface area contributed by atoms with E-state index in [1.165, 1.54) is 12.8 Å². The molecule has 1 unspecified atom stereocenters. The van der Waals surface area contributed by atoms with Crippen molar-refractivity contribution >= 4 is 30.7 Å². The quantitative estimate of drug-likeness (QED) is 0.792. The third kappa shape index (κ3) is 6.95. The number of amides is 1. The van der Waals surface area contributed by atoms with Gasteiger partial charge in [-0.25, -0.2) is 0 Å². The zero-order chi connectivity index (χ0) is 15.9. The molecule has 1 atom stereocenters. The second-order valence-corrected chi connectivity index (χ2v) is 6.22. The molecule has 1 fully saturated rings. The normalized spacial score (nSPS) is 16.8. The molecule has 1 amide bonds. The lowest BCUT2D eigenvalue weighted by Crippen LogP contribution is -2.45. The Hall–Kier alpha value is -0.850. The summed E-state index contributed by atoms with van der Waals surface area (Å²) in [5.74, 6) is -0.102. The topological polar surface area (TPSA) is 61.6 Å². The second kappa shape index (κ2) is 11.7. The van der Waals surface area contributed by atoms with Crippen molar-refractivity contribution in [1.82, 2.24) is 15.1 Å². The van der Waals surface area contributed by atoms with E-state index in [0.717, 1.165) is 25.2 Å². The molecule has 3 N–H and O–H groups in total. The number of benzene rings is 1. The summed E-state index contributed by atoms with van der Waals surface area (Å²) in [6.45, 7) is 3.76. The number of piperidine rings is 1. The van der Waals surface area contributed by atoms with Gasteiger partial charge in [-0.15, -0.1) is 24.8 Å². The predicted octanol–water partition coefficient (Wildman–Crippen LogP) is 1.67. The smallest absolute Gasteiger partial charge is 0.241 e. The van der Waals surface area contributed by atoms with Crippen LogP contribution in [0.3, 0.4) is 0 Å². The average molecular weight is 377 g/mol. The highest BCUT2D eigenvalue weighted by Gasteiger charge is 2.20. The lowest BCUT2D eigenvalue weighted by molar-refractivity contribution is -0.122. The Bertz CT molecular complexity index is 465. The van der Waals surface area contributed by atoms with Gasteiger partial charge in [-0.05, 0) is 45.6 Å². The molecule has 1 aliphatic rings. The molecule has 138 valence electrons. The van der Waals surface area contributed by atoms with Crippen LogP contribution in [0.5, 0.6) is 0 Å². The second-order valence-electron chi connectivity index (χ2n) is 6.22. The highest BCUT2D eigenvalue weighted by Crippen LogP contribution is 2.13. The Morgan fingerprint density at radius 1 is 1.25 bits per heavy atom. The van der Waals surface area contributed by atoms with E-state index in [4.69, 9.17) is 5.73 Å². The summed E-state index contributed by atoms with van der Waals surface area (Å²) >= 11 is 0. The molecule has 0 spiro atoms. The Kier molecular flexibility index (Phi) is 11.2. The van der Waals surface area contributed by atoms with E-state index in [-0.39, 0.29) is 30.7 Å². The highest BCUT2D eigenvalue weighted by molar-refractivity contribution is 5.85. The van der Waals surface area contributed by atoms with Crippen LogP contribution in [0.2, 0.25) is 0 Å².